The zero-order chi connectivity index (χ0) is 11.0. The summed E-state index contributed by atoms with van der Waals surface area (Å²) in [6.45, 7) is 4.00. The van der Waals surface area contributed by atoms with E-state index in [4.69, 9.17) is 9.84 Å². The van der Waals surface area contributed by atoms with Crippen LogP contribution in [0.25, 0.3) is 0 Å². The van der Waals surface area contributed by atoms with Gasteiger partial charge in [-0.15, -0.1) is 0 Å². The summed E-state index contributed by atoms with van der Waals surface area (Å²) < 4.78 is 4.85. The number of hydrogen-bond acceptors (Lipinski definition) is 3. The van der Waals surface area contributed by atoms with Crippen molar-refractivity contribution >= 4 is 11.9 Å². The summed E-state index contributed by atoms with van der Waals surface area (Å²) in [5, 5.41) is 11.1. The normalized spacial score (nSPS) is 12.1. The van der Waals surface area contributed by atoms with Crippen molar-refractivity contribution in [3.8, 4) is 0 Å². The number of carboxylic acid groups (broad SMARTS) is 1. The van der Waals surface area contributed by atoms with Crippen molar-refractivity contribution in [3.63, 3.8) is 0 Å². The highest BCUT2D eigenvalue weighted by molar-refractivity contribution is 5.84. The summed E-state index contributed by atoms with van der Waals surface area (Å²) in [4.78, 5) is 21.7. The first kappa shape index (κ1) is 12.9. The lowest BCUT2D eigenvalue weighted by Crippen LogP contribution is -2.42. The fourth-order valence-corrected chi connectivity index (χ4v) is 0.977. The molecule has 0 heterocycles. The van der Waals surface area contributed by atoms with Gasteiger partial charge in [0, 0.05) is 6.61 Å². The monoisotopic (exact) mass is 203 g/mol. The second-order valence-electron chi connectivity index (χ2n) is 2.88. The van der Waals surface area contributed by atoms with Crippen LogP contribution in [0.2, 0.25) is 0 Å². The summed E-state index contributed by atoms with van der Waals surface area (Å²) in [7, 11) is 0. The number of carboxylic acids is 1. The van der Waals surface area contributed by atoms with Gasteiger partial charge in [-0.05, 0) is 13.3 Å². The molecule has 0 radical (unpaired) electrons. The van der Waals surface area contributed by atoms with Gasteiger partial charge in [0.05, 0.1) is 0 Å². The third kappa shape index (κ3) is 5.53. The van der Waals surface area contributed by atoms with E-state index in [2.05, 4.69) is 5.32 Å². The highest BCUT2D eigenvalue weighted by atomic mass is 16.5. The maximum atomic E-state index is 11.1. The first-order valence-corrected chi connectivity index (χ1v) is 4.71. The van der Waals surface area contributed by atoms with E-state index in [1.165, 1.54) is 0 Å². The number of rotatable bonds is 7. The Morgan fingerprint density at radius 1 is 1.43 bits per heavy atom. The van der Waals surface area contributed by atoms with Gasteiger partial charge in [0.15, 0.2) is 0 Å². The van der Waals surface area contributed by atoms with Gasteiger partial charge in [-0.2, -0.15) is 0 Å². The predicted octanol–water partition coefficient (Wildman–Crippen LogP) is 0.392. The van der Waals surface area contributed by atoms with Crippen LogP contribution in [0.3, 0.4) is 0 Å². The number of amides is 1. The zero-order valence-corrected chi connectivity index (χ0v) is 8.58. The van der Waals surface area contributed by atoms with E-state index < -0.39 is 12.0 Å². The van der Waals surface area contributed by atoms with Crippen molar-refractivity contribution in [2.24, 2.45) is 0 Å². The number of aliphatic carboxylic acids is 1. The SMILES string of the molecule is CCC[C@@H](NC(=O)COCC)C(=O)O. The van der Waals surface area contributed by atoms with Crippen LogP contribution in [-0.4, -0.2) is 36.2 Å². The average Bonchev–Trinajstić information content (AvgIpc) is 2.14. The molecule has 0 aromatic heterocycles. The van der Waals surface area contributed by atoms with Crippen molar-refractivity contribution in [2.75, 3.05) is 13.2 Å². The second-order valence-corrected chi connectivity index (χ2v) is 2.88. The van der Waals surface area contributed by atoms with Crippen LogP contribution < -0.4 is 5.32 Å². The van der Waals surface area contributed by atoms with Crippen molar-refractivity contribution in [1.29, 1.82) is 0 Å². The Balaban J connectivity index is 3.90. The first-order valence-electron chi connectivity index (χ1n) is 4.71. The van der Waals surface area contributed by atoms with Crippen molar-refractivity contribution in [3.05, 3.63) is 0 Å². The van der Waals surface area contributed by atoms with Crippen LogP contribution in [0.4, 0.5) is 0 Å². The fourth-order valence-electron chi connectivity index (χ4n) is 0.977. The summed E-state index contributed by atoms with van der Waals surface area (Å²) >= 11 is 0. The molecule has 14 heavy (non-hydrogen) atoms. The molecule has 0 saturated carbocycles. The Bertz CT molecular complexity index is 193. The third-order valence-electron chi connectivity index (χ3n) is 1.65. The molecule has 0 spiro atoms. The molecule has 82 valence electrons. The van der Waals surface area contributed by atoms with Crippen LogP contribution in [0.15, 0.2) is 0 Å². The molecule has 0 rings (SSSR count). The maximum Gasteiger partial charge on any atom is 0.326 e. The second kappa shape index (κ2) is 7.32. The predicted molar refractivity (Wildman–Crippen MR) is 51.0 cm³/mol. The molecule has 0 aromatic rings. The van der Waals surface area contributed by atoms with Crippen molar-refractivity contribution < 1.29 is 19.4 Å². The molecule has 0 saturated heterocycles. The van der Waals surface area contributed by atoms with Gasteiger partial charge in [0.1, 0.15) is 12.6 Å². The van der Waals surface area contributed by atoms with E-state index in [1.807, 2.05) is 6.92 Å². The quantitative estimate of drug-likeness (QED) is 0.627. The molecule has 0 aliphatic heterocycles. The summed E-state index contributed by atoms with van der Waals surface area (Å²) in [6, 6.07) is -0.798. The van der Waals surface area contributed by atoms with E-state index in [1.54, 1.807) is 6.92 Å². The number of nitrogens with one attached hydrogen (secondary N) is 1. The van der Waals surface area contributed by atoms with Gasteiger partial charge in [-0.25, -0.2) is 4.79 Å². The van der Waals surface area contributed by atoms with Gasteiger partial charge in [-0.3, -0.25) is 4.79 Å². The molecule has 0 unspecified atom stereocenters. The molecular formula is C9H17NO4. The van der Waals surface area contributed by atoms with Crippen LogP contribution in [-0.2, 0) is 14.3 Å². The Kier molecular flexibility index (Phi) is 6.74. The Labute approximate surface area is 83.4 Å². The van der Waals surface area contributed by atoms with Crippen LogP contribution >= 0.6 is 0 Å². The molecule has 0 aromatic carbocycles. The molecule has 0 bridgehead atoms. The molecule has 1 atom stereocenters. The number of hydrogen-bond donors (Lipinski definition) is 2. The molecular weight excluding hydrogens is 186 g/mol. The Morgan fingerprint density at radius 2 is 2.07 bits per heavy atom. The lowest BCUT2D eigenvalue weighted by molar-refractivity contribution is -0.142. The largest absolute Gasteiger partial charge is 0.480 e. The molecule has 2 N–H and O–H groups in total. The topological polar surface area (TPSA) is 75.6 Å². The van der Waals surface area contributed by atoms with E-state index >= 15 is 0 Å². The van der Waals surface area contributed by atoms with Gasteiger partial charge >= 0.3 is 5.97 Å². The molecule has 5 heteroatoms. The van der Waals surface area contributed by atoms with E-state index in [9.17, 15) is 9.59 Å². The Morgan fingerprint density at radius 3 is 2.50 bits per heavy atom. The molecule has 0 aliphatic rings. The highest BCUT2D eigenvalue weighted by Crippen LogP contribution is 1.96. The Hall–Kier alpha value is -1.10. The van der Waals surface area contributed by atoms with Crippen molar-refractivity contribution in [1.82, 2.24) is 5.32 Å². The average molecular weight is 203 g/mol. The van der Waals surface area contributed by atoms with E-state index in [0.29, 0.717) is 19.4 Å². The van der Waals surface area contributed by atoms with E-state index in [-0.39, 0.29) is 12.5 Å². The summed E-state index contributed by atoms with van der Waals surface area (Å²) in [5.74, 6) is -1.38. The zero-order valence-electron chi connectivity index (χ0n) is 8.58. The number of carbonyl (C=O) groups is 2. The minimum atomic E-state index is -1.00. The van der Waals surface area contributed by atoms with Gasteiger partial charge in [0.2, 0.25) is 5.91 Å². The fraction of sp³-hybridized carbons (Fsp3) is 0.778. The van der Waals surface area contributed by atoms with Crippen LogP contribution in [0.5, 0.6) is 0 Å². The molecule has 0 aliphatic carbocycles. The van der Waals surface area contributed by atoms with Crippen molar-refractivity contribution in [2.45, 2.75) is 32.7 Å². The first-order chi connectivity index (χ1) is 6.61. The van der Waals surface area contributed by atoms with Crippen LogP contribution in [0, 0.1) is 0 Å². The molecule has 5 nitrogen and oxygen atoms in total. The number of ether oxygens (including phenoxy) is 1. The lowest BCUT2D eigenvalue weighted by atomic mass is 10.2. The smallest absolute Gasteiger partial charge is 0.326 e. The van der Waals surface area contributed by atoms with Gasteiger partial charge in [-0.1, -0.05) is 13.3 Å². The highest BCUT2D eigenvalue weighted by Gasteiger charge is 2.18. The summed E-state index contributed by atoms with van der Waals surface area (Å²) in [6.07, 6.45) is 1.15. The van der Waals surface area contributed by atoms with Gasteiger partial charge in [0.25, 0.3) is 0 Å². The summed E-state index contributed by atoms with van der Waals surface area (Å²) in [5.41, 5.74) is 0. The molecule has 1 amide bonds. The lowest BCUT2D eigenvalue weighted by Gasteiger charge is -2.13. The number of carbonyl (C=O) groups excluding carboxylic acids is 1. The minimum absolute atomic E-state index is 0.0794. The van der Waals surface area contributed by atoms with Gasteiger partial charge < -0.3 is 15.2 Å². The third-order valence-corrected chi connectivity index (χ3v) is 1.65. The van der Waals surface area contributed by atoms with Crippen LogP contribution in [0.1, 0.15) is 26.7 Å². The maximum absolute atomic E-state index is 11.1. The minimum Gasteiger partial charge on any atom is -0.480 e. The van der Waals surface area contributed by atoms with E-state index in [0.717, 1.165) is 0 Å². The standard InChI is InChI=1S/C9H17NO4/c1-3-5-7(9(12)13)10-8(11)6-14-4-2/h7H,3-6H2,1-2H3,(H,10,11)(H,12,13)/t7-/m1/s1. The molecule has 0 fully saturated rings.